The summed E-state index contributed by atoms with van der Waals surface area (Å²) in [6.07, 6.45) is -1.18. The molecule has 7 nitrogen and oxygen atoms in total. The number of amides is 4. The predicted molar refractivity (Wildman–Crippen MR) is 104 cm³/mol. The second kappa shape index (κ2) is 7.46. The molecule has 0 saturated carbocycles. The third kappa shape index (κ3) is 3.84. The first kappa shape index (κ1) is 19.0. The SMILES string of the molecule is CN1C(=O)C(NC(=O)Nc2ccc(Cl)cc2)N(C)C(=O)c2cc(Cl)ccc21. The summed E-state index contributed by atoms with van der Waals surface area (Å²) >= 11 is 11.8. The summed E-state index contributed by atoms with van der Waals surface area (Å²) in [5.74, 6) is -0.889. The molecule has 0 aliphatic carbocycles. The van der Waals surface area contributed by atoms with E-state index in [4.69, 9.17) is 23.2 Å². The van der Waals surface area contributed by atoms with E-state index >= 15 is 0 Å². The molecule has 1 atom stereocenters. The zero-order valence-corrected chi connectivity index (χ0v) is 16.0. The number of nitrogens with zero attached hydrogens (tertiary/aromatic N) is 2. The van der Waals surface area contributed by atoms with Crippen LogP contribution in [0.4, 0.5) is 16.2 Å². The Morgan fingerprint density at radius 2 is 1.63 bits per heavy atom. The first-order valence-electron chi connectivity index (χ1n) is 7.95. The van der Waals surface area contributed by atoms with Crippen LogP contribution in [0.3, 0.4) is 0 Å². The van der Waals surface area contributed by atoms with Crippen LogP contribution in [0.25, 0.3) is 0 Å². The van der Waals surface area contributed by atoms with Crippen molar-refractivity contribution < 1.29 is 14.4 Å². The molecule has 2 aromatic carbocycles. The highest BCUT2D eigenvalue weighted by atomic mass is 35.5. The Labute approximate surface area is 165 Å². The Kier molecular flexibility index (Phi) is 5.25. The molecular weight excluding hydrogens is 391 g/mol. The van der Waals surface area contributed by atoms with Crippen LogP contribution in [0.5, 0.6) is 0 Å². The van der Waals surface area contributed by atoms with Gasteiger partial charge in [-0.1, -0.05) is 23.2 Å². The molecule has 0 radical (unpaired) electrons. The summed E-state index contributed by atoms with van der Waals surface area (Å²) in [6.45, 7) is 0. The molecule has 0 aromatic heterocycles. The fourth-order valence-corrected chi connectivity index (χ4v) is 3.03. The number of benzene rings is 2. The lowest BCUT2D eigenvalue weighted by atomic mass is 10.1. The first-order chi connectivity index (χ1) is 12.8. The molecule has 1 aliphatic rings. The Balaban J connectivity index is 1.83. The monoisotopic (exact) mass is 406 g/mol. The molecule has 9 heteroatoms. The van der Waals surface area contributed by atoms with Crippen LogP contribution in [-0.4, -0.2) is 43.0 Å². The van der Waals surface area contributed by atoms with Gasteiger partial charge in [0.25, 0.3) is 11.8 Å². The number of carbonyl (C=O) groups excluding carboxylic acids is 3. The Bertz CT molecular complexity index is 917. The number of likely N-dealkylation sites (N-methyl/N-ethyl adjacent to an activating group) is 2. The van der Waals surface area contributed by atoms with Gasteiger partial charge >= 0.3 is 6.03 Å². The van der Waals surface area contributed by atoms with Gasteiger partial charge < -0.3 is 20.4 Å². The quantitative estimate of drug-likeness (QED) is 0.803. The summed E-state index contributed by atoms with van der Waals surface area (Å²) in [6, 6.07) is 10.5. The maximum atomic E-state index is 12.8. The molecule has 1 heterocycles. The number of nitrogens with one attached hydrogen (secondary N) is 2. The second-order valence-electron chi connectivity index (χ2n) is 5.98. The average Bonchev–Trinajstić information content (AvgIpc) is 2.70. The van der Waals surface area contributed by atoms with Crippen molar-refractivity contribution in [1.29, 1.82) is 0 Å². The van der Waals surface area contributed by atoms with Crippen LogP contribution in [0.15, 0.2) is 42.5 Å². The second-order valence-corrected chi connectivity index (χ2v) is 6.86. The van der Waals surface area contributed by atoms with Crippen molar-refractivity contribution in [2.45, 2.75) is 6.17 Å². The van der Waals surface area contributed by atoms with Crippen LogP contribution in [0.2, 0.25) is 10.0 Å². The average molecular weight is 407 g/mol. The zero-order chi connectivity index (χ0) is 19.7. The van der Waals surface area contributed by atoms with E-state index in [1.54, 1.807) is 36.4 Å². The topological polar surface area (TPSA) is 81.8 Å². The number of carbonyl (C=O) groups is 3. The number of hydrogen-bond donors (Lipinski definition) is 2. The molecule has 0 fully saturated rings. The summed E-state index contributed by atoms with van der Waals surface area (Å²) < 4.78 is 0. The van der Waals surface area contributed by atoms with Crippen LogP contribution in [0, 0.1) is 0 Å². The third-order valence-corrected chi connectivity index (χ3v) is 4.68. The molecule has 1 unspecified atom stereocenters. The Hall–Kier alpha value is -2.77. The van der Waals surface area contributed by atoms with Gasteiger partial charge in [0.2, 0.25) is 0 Å². The molecular formula is C18H16Cl2N4O3. The summed E-state index contributed by atoms with van der Waals surface area (Å²) in [7, 11) is 2.98. The number of halogens is 2. The molecule has 0 saturated heterocycles. The summed E-state index contributed by atoms with van der Waals surface area (Å²) in [4.78, 5) is 40.4. The highest BCUT2D eigenvalue weighted by molar-refractivity contribution is 6.31. The maximum absolute atomic E-state index is 12.8. The van der Waals surface area contributed by atoms with Crippen molar-refractivity contribution in [3.8, 4) is 0 Å². The van der Waals surface area contributed by atoms with Gasteiger partial charge in [-0.15, -0.1) is 0 Å². The van der Waals surface area contributed by atoms with Crippen molar-refractivity contribution >= 4 is 52.4 Å². The first-order valence-corrected chi connectivity index (χ1v) is 8.71. The number of hydrogen-bond acceptors (Lipinski definition) is 3. The molecule has 2 aromatic rings. The molecule has 1 aliphatic heterocycles. The van der Waals surface area contributed by atoms with E-state index in [0.717, 1.165) is 0 Å². The van der Waals surface area contributed by atoms with E-state index in [-0.39, 0.29) is 5.56 Å². The van der Waals surface area contributed by atoms with Gasteiger partial charge in [-0.2, -0.15) is 0 Å². The fourth-order valence-electron chi connectivity index (χ4n) is 2.73. The van der Waals surface area contributed by atoms with E-state index in [2.05, 4.69) is 10.6 Å². The van der Waals surface area contributed by atoms with Crippen molar-refractivity contribution in [2.24, 2.45) is 0 Å². The number of anilines is 2. The highest BCUT2D eigenvalue weighted by Crippen LogP contribution is 2.28. The minimum absolute atomic E-state index is 0.281. The minimum atomic E-state index is -1.18. The van der Waals surface area contributed by atoms with Crippen molar-refractivity contribution in [1.82, 2.24) is 10.2 Å². The molecule has 27 heavy (non-hydrogen) atoms. The molecule has 2 N–H and O–H groups in total. The molecule has 140 valence electrons. The number of urea groups is 1. The maximum Gasteiger partial charge on any atom is 0.321 e. The van der Waals surface area contributed by atoms with E-state index in [1.165, 1.54) is 30.0 Å². The lowest BCUT2D eigenvalue weighted by Crippen LogP contribution is -2.56. The van der Waals surface area contributed by atoms with Gasteiger partial charge in [-0.25, -0.2) is 4.79 Å². The number of rotatable bonds is 2. The zero-order valence-electron chi connectivity index (χ0n) is 14.5. The van der Waals surface area contributed by atoms with Gasteiger partial charge in [0.05, 0.1) is 11.3 Å². The normalized spacial score (nSPS) is 16.7. The smallest absolute Gasteiger partial charge is 0.313 e. The largest absolute Gasteiger partial charge is 0.321 e. The van der Waals surface area contributed by atoms with Crippen LogP contribution in [-0.2, 0) is 4.79 Å². The Morgan fingerprint density at radius 1 is 1.00 bits per heavy atom. The highest BCUT2D eigenvalue weighted by Gasteiger charge is 2.37. The minimum Gasteiger partial charge on any atom is -0.313 e. The van der Waals surface area contributed by atoms with E-state index < -0.39 is 24.0 Å². The van der Waals surface area contributed by atoms with Gasteiger partial charge in [-0.3, -0.25) is 9.59 Å². The Morgan fingerprint density at radius 3 is 2.30 bits per heavy atom. The molecule has 0 spiro atoms. The van der Waals surface area contributed by atoms with Crippen molar-refractivity contribution in [2.75, 3.05) is 24.3 Å². The van der Waals surface area contributed by atoms with E-state index in [1.807, 2.05) is 0 Å². The third-order valence-electron chi connectivity index (χ3n) is 4.19. The van der Waals surface area contributed by atoms with Crippen LogP contribution < -0.4 is 15.5 Å². The fraction of sp³-hybridized carbons (Fsp3) is 0.167. The molecule has 0 bridgehead atoms. The van der Waals surface area contributed by atoms with Crippen LogP contribution in [0.1, 0.15) is 10.4 Å². The van der Waals surface area contributed by atoms with Gasteiger partial charge in [-0.05, 0) is 42.5 Å². The van der Waals surface area contributed by atoms with Gasteiger partial charge in [0, 0.05) is 29.8 Å². The number of fused-ring (bicyclic) bond motifs is 1. The van der Waals surface area contributed by atoms with Crippen molar-refractivity contribution in [3.63, 3.8) is 0 Å². The van der Waals surface area contributed by atoms with Gasteiger partial charge in [0.1, 0.15) is 0 Å². The van der Waals surface area contributed by atoms with Crippen LogP contribution >= 0.6 is 23.2 Å². The molecule has 3 rings (SSSR count). The van der Waals surface area contributed by atoms with E-state index in [0.29, 0.717) is 21.4 Å². The standard InChI is InChI=1S/C18H16Cl2N4O3/c1-23-14-8-5-11(20)9-13(14)16(25)24(2)15(17(23)26)22-18(27)21-12-6-3-10(19)4-7-12/h3-9,15H,1-2H3,(H2,21,22,27). The summed E-state index contributed by atoms with van der Waals surface area (Å²) in [5.41, 5.74) is 1.20. The molecule has 4 amide bonds. The van der Waals surface area contributed by atoms with Gasteiger partial charge in [0.15, 0.2) is 6.17 Å². The summed E-state index contributed by atoms with van der Waals surface area (Å²) in [5, 5.41) is 6.04. The van der Waals surface area contributed by atoms with E-state index in [9.17, 15) is 14.4 Å². The van der Waals surface area contributed by atoms with Crippen molar-refractivity contribution in [3.05, 3.63) is 58.1 Å². The lowest BCUT2D eigenvalue weighted by molar-refractivity contribution is -0.122. The predicted octanol–water partition coefficient (Wildman–Crippen LogP) is 3.19. The lowest BCUT2D eigenvalue weighted by Gasteiger charge is -2.27.